The zero-order valence-electron chi connectivity index (χ0n) is 12.7. The van der Waals surface area contributed by atoms with Crippen LogP contribution in [0.25, 0.3) is 5.65 Å². The Hall–Kier alpha value is -2.80. The Morgan fingerprint density at radius 3 is 2.75 bits per heavy atom. The summed E-state index contributed by atoms with van der Waals surface area (Å²) in [7, 11) is 0. The fourth-order valence-corrected chi connectivity index (χ4v) is 2.28. The van der Waals surface area contributed by atoms with Gasteiger partial charge in [0.25, 0.3) is 0 Å². The first-order chi connectivity index (χ1) is 11.6. The normalized spacial score (nSPS) is 10.7. The molecule has 0 atom stereocenters. The van der Waals surface area contributed by atoms with E-state index in [0.29, 0.717) is 29.6 Å². The van der Waals surface area contributed by atoms with E-state index in [4.69, 9.17) is 16.3 Å². The van der Waals surface area contributed by atoms with Crippen LogP contribution in [0.1, 0.15) is 0 Å². The molecule has 0 unspecified atom stereocenters. The maximum Gasteiger partial charge on any atom is 0.350 e. The fraction of sp³-hybridized carbons (Fsp3) is 0.188. The first-order valence-corrected chi connectivity index (χ1v) is 7.70. The van der Waals surface area contributed by atoms with E-state index in [1.807, 2.05) is 0 Å². The topological polar surface area (TPSA) is 77.6 Å². The van der Waals surface area contributed by atoms with Crippen LogP contribution < -0.4 is 15.7 Å². The van der Waals surface area contributed by atoms with Crippen LogP contribution in [0.2, 0.25) is 5.02 Å². The number of nitrogens with zero attached hydrogens (tertiary/aromatic N) is 3. The van der Waals surface area contributed by atoms with Crippen molar-refractivity contribution in [3.05, 3.63) is 64.2 Å². The largest absolute Gasteiger partial charge is 0.492 e. The molecule has 8 heteroatoms. The lowest BCUT2D eigenvalue weighted by atomic mass is 10.3. The molecule has 0 fully saturated rings. The lowest BCUT2D eigenvalue weighted by molar-refractivity contribution is -0.122. The van der Waals surface area contributed by atoms with Gasteiger partial charge in [0.1, 0.15) is 18.9 Å². The van der Waals surface area contributed by atoms with Crippen LogP contribution >= 0.6 is 11.6 Å². The Morgan fingerprint density at radius 1 is 1.21 bits per heavy atom. The molecule has 7 nitrogen and oxygen atoms in total. The third kappa shape index (κ3) is 3.75. The fourth-order valence-electron chi connectivity index (χ4n) is 2.15. The zero-order valence-corrected chi connectivity index (χ0v) is 13.4. The van der Waals surface area contributed by atoms with Crippen LogP contribution in [-0.2, 0) is 11.3 Å². The second-order valence-corrected chi connectivity index (χ2v) is 5.46. The van der Waals surface area contributed by atoms with E-state index in [1.165, 1.54) is 4.40 Å². The Kier molecular flexibility index (Phi) is 4.81. The molecular formula is C16H15ClN4O3. The maximum atomic E-state index is 12.1. The van der Waals surface area contributed by atoms with Gasteiger partial charge in [-0.15, -0.1) is 5.10 Å². The molecule has 1 amide bonds. The highest BCUT2D eigenvalue weighted by Crippen LogP contribution is 2.15. The molecule has 2 aromatic heterocycles. The maximum absolute atomic E-state index is 12.1. The minimum absolute atomic E-state index is 0.137. The molecule has 3 aromatic rings. The van der Waals surface area contributed by atoms with Gasteiger partial charge in [-0.05, 0) is 36.4 Å². The Balaban J connectivity index is 1.49. The van der Waals surface area contributed by atoms with Gasteiger partial charge in [0.05, 0.1) is 6.54 Å². The molecule has 1 N–H and O–H groups in total. The summed E-state index contributed by atoms with van der Waals surface area (Å²) in [4.78, 5) is 24.0. The lowest BCUT2D eigenvalue weighted by Gasteiger charge is -2.07. The Bertz CT molecular complexity index is 902. The van der Waals surface area contributed by atoms with Gasteiger partial charge >= 0.3 is 5.69 Å². The number of carbonyl (C=O) groups is 1. The predicted octanol–water partition coefficient (Wildman–Crippen LogP) is 1.34. The van der Waals surface area contributed by atoms with Gasteiger partial charge in [-0.3, -0.25) is 9.20 Å². The molecule has 1 aromatic carbocycles. The summed E-state index contributed by atoms with van der Waals surface area (Å²) >= 11 is 5.79. The number of nitrogens with one attached hydrogen (secondary N) is 1. The number of benzene rings is 1. The number of halogens is 1. The molecule has 0 aliphatic rings. The van der Waals surface area contributed by atoms with E-state index in [0.717, 1.165) is 4.68 Å². The minimum atomic E-state index is -0.349. The highest BCUT2D eigenvalue weighted by molar-refractivity contribution is 6.30. The van der Waals surface area contributed by atoms with Gasteiger partial charge in [-0.2, -0.15) is 0 Å². The number of pyridine rings is 1. The average molecular weight is 347 g/mol. The molecular weight excluding hydrogens is 332 g/mol. The van der Waals surface area contributed by atoms with Crippen LogP contribution in [0.3, 0.4) is 0 Å². The molecule has 2 heterocycles. The monoisotopic (exact) mass is 346 g/mol. The summed E-state index contributed by atoms with van der Waals surface area (Å²) in [5, 5.41) is 7.42. The van der Waals surface area contributed by atoms with E-state index in [-0.39, 0.29) is 18.1 Å². The summed E-state index contributed by atoms with van der Waals surface area (Å²) in [6, 6.07) is 12.2. The van der Waals surface area contributed by atoms with Gasteiger partial charge in [0.2, 0.25) is 5.91 Å². The highest BCUT2D eigenvalue weighted by Gasteiger charge is 2.09. The van der Waals surface area contributed by atoms with Crippen molar-refractivity contribution in [3.63, 3.8) is 0 Å². The van der Waals surface area contributed by atoms with Crippen molar-refractivity contribution >= 4 is 23.2 Å². The van der Waals surface area contributed by atoms with Crippen LogP contribution in [0, 0.1) is 0 Å². The minimum Gasteiger partial charge on any atom is -0.492 e. The smallest absolute Gasteiger partial charge is 0.350 e. The first kappa shape index (κ1) is 16.1. The van der Waals surface area contributed by atoms with Gasteiger partial charge in [0.15, 0.2) is 5.65 Å². The van der Waals surface area contributed by atoms with Crippen LogP contribution in [0.4, 0.5) is 0 Å². The van der Waals surface area contributed by atoms with E-state index in [2.05, 4.69) is 10.4 Å². The molecule has 24 heavy (non-hydrogen) atoms. The Morgan fingerprint density at radius 2 is 2.00 bits per heavy atom. The molecule has 0 spiro atoms. The van der Waals surface area contributed by atoms with Gasteiger partial charge in [-0.25, -0.2) is 9.48 Å². The number of hydrogen-bond acceptors (Lipinski definition) is 4. The number of carbonyl (C=O) groups excluding carboxylic acids is 1. The van der Waals surface area contributed by atoms with Crippen molar-refractivity contribution in [3.8, 4) is 5.75 Å². The van der Waals surface area contributed by atoms with Crippen molar-refractivity contribution in [2.45, 2.75) is 6.54 Å². The summed E-state index contributed by atoms with van der Waals surface area (Å²) in [6.07, 6.45) is 1.61. The second kappa shape index (κ2) is 7.18. The summed E-state index contributed by atoms with van der Waals surface area (Å²) < 4.78 is 7.99. The second-order valence-electron chi connectivity index (χ2n) is 5.02. The molecule has 3 rings (SSSR count). The molecule has 0 bridgehead atoms. The van der Waals surface area contributed by atoms with E-state index in [9.17, 15) is 9.59 Å². The van der Waals surface area contributed by atoms with Crippen molar-refractivity contribution in [2.24, 2.45) is 0 Å². The van der Waals surface area contributed by atoms with Crippen LogP contribution in [0.5, 0.6) is 5.75 Å². The first-order valence-electron chi connectivity index (χ1n) is 7.33. The van der Waals surface area contributed by atoms with Crippen molar-refractivity contribution < 1.29 is 9.53 Å². The third-order valence-electron chi connectivity index (χ3n) is 3.29. The standard InChI is InChI=1S/C16H15ClN4O3/c17-12-4-6-13(7-5-12)24-10-8-18-15(22)11-21-16(23)20-9-2-1-3-14(20)19-21/h1-7,9H,8,10-11H2,(H,18,22). The lowest BCUT2D eigenvalue weighted by Crippen LogP contribution is -2.34. The molecule has 124 valence electrons. The van der Waals surface area contributed by atoms with Crippen molar-refractivity contribution in [1.29, 1.82) is 0 Å². The quantitative estimate of drug-likeness (QED) is 0.683. The highest BCUT2D eigenvalue weighted by atomic mass is 35.5. The van der Waals surface area contributed by atoms with E-state index >= 15 is 0 Å². The van der Waals surface area contributed by atoms with E-state index in [1.54, 1.807) is 48.7 Å². The third-order valence-corrected chi connectivity index (χ3v) is 3.54. The van der Waals surface area contributed by atoms with Gasteiger partial charge < -0.3 is 10.1 Å². The SMILES string of the molecule is O=C(Cn1nc2ccccn2c1=O)NCCOc1ccc(Cl)cc1. The van der Waals surface area contributed by atoms with Crippen molar-refractivity contribution in [1.82, 2.24) is 19.5 Å². The zero-order chi connectivity index (χ0) is 16.9. The Labute approximate surface area is 142 Å². The number of rotatable bonds is 6. The average Bonchev–Trinajstić information content (AvgIpc) is 2.90. The predicted molar refractivity (Wildman–Crippen MR) is 89.4 cm³/mol. The van der Waals surface area contributed by atoms with E-state index < -0.39 is 0 Å². The molecule has 0 saturated carbocycles. The summed E-state index contributed by atoms with van der Waals surface area (Å²) in [5.41, 5.74) is 0.152. The van der Waals surface area contributed by atoms with Crippen LogP contribution in [0.15, 0.2) is 53.5 Å². The number of amides is 1. The molecule has 0 saturated heterocycles. The van der Waals surface area contributed by atoms with Gasteiger partial charge in [-0.1, -0.05) is 17.7 Å². The van der Waals surface area contributed by atoms with Gasteiger partial charge in [0, 0.05) is 11.2 Å². The van der Waals surface area contributed by atoms with Crippen molar-refractivity contribution in [2.75, 3.05) is 13.2 Å². The number of fused-ring (bicyclic) bond motifs is 1. The number of aromatic nitrogens is 3. The van der Waals surface area contributed by atoms with Crippen LogP contribution in [-0.4, -0.2) is 33.2 Å². The molecule has 0 aliphatic heterocycles. The number of hydrogen-bond donors (Lipinski definition) is 1. The summed E-state index contributed by atoms with van der Waals surface area (Å²) in [5.74, 6) is 0.366. The molecule has 0 aliphatic carbocycles. The molecule has 0 radical (unpaired) electrons. The summed E-state index contributed by atoms with van der Waals surface area (Å²) in [6.45, 7) is 0.498. The number of ether oxygens (including phenoxy) is 1.